The quantitative estimate of drug-likeness (QED) is 0.0660. The lowest BCUT2D eigenvalue weighted by Gasteiger charge is -2.14. The van der Waals surface area contributed by atoms with Crippen LogP contribution in [0.2, 0.25) is 0 Å². The van der Waals surface area contributed by atoms with Crippen LogP contribution in [0.1, 0.15) is 155 Å². The summed E-state index contributed by atoms with van der Waals surface area (Å²) in [5.74, 6) is -2.44. The molecule has 0 rings (SSSR count). The molecule has 6 N–H and O–H groups in total. The van der Waals surface area contributed by atoms with Crippen molar-refractivity contribution in [2.45, 2.75) is 167 Å². The van der Waals surface area contributed by atoms with Crippen molar-refractivity contribution in [2.75, 3.05) is 6.54 Å². The number of carbonyl (C=O) groups is 5. The van der Waals surface area contributed by atoms with Gasteiger partial charge in [-0.25, -0.2) is 4.79 Å². The first-order valence-electron chi connectivity index (χ1n) is 16.4. The highest BCUT2D eigenvalue weighted by molar-refractivity contribution is 5.84. The Hall–Kier alpha value is -2.49. The van der Waals surface area contributed by atoms with Crippen LogP contribution in [0, 0.1) is 0 Å². The maximum absolute atomic E-state index is 12.2. The number of Topliss-reactive ketones (excluding diaryl/α,β-unsaturated/α-hetero) is 1. The highest BCUT2D eigenvalue weighted by atomic mass is 16.4. The van der Waals surface area contributed by atoms with Gasteiger partial charge in [-0.15, -0.1) is 0 Å². The molecule has 10 heteroatoms. The molecule has 0 fully saturated rings. The third-order valence-corrected chi connectivity index (χ3v) is 7.62. The zero-order chi connectivity index (χ0) is 31.4. The van der Waals surface area contributed by atoms with E-state index >= 15 is 0 Å². The molecule has 0 radical (unpaired) electrons. The number of ketones is 1. The summed E-state index contributed by atoms with van der Waals surface area (Å²) in [6, 6.07) is -1.54. The Balaban J connectivity index is 3.65. The van der Waals surface area contributed by atoms with Crippen molar-refractivity contribution in [2.24, 2.45) is 5.73 Å². The Kier molecular flexibility index (Phi) is 25.7. The van der Waals surface area contributed by atoms with Crippen LogP contribution in [0.4, 0.5) is 0 Å². The highest BCUT2D eigenvalue weighted by Crippen LogP contribution is 2.14. The van der Waals surface area contributed by atoms with Crippen LogP contribution >= 0.6 is 0 Å². The molecule has 10 nitrogen and oxygen atoms in total. The zero-order valence-corrected chi connectivity index (χ0v) is 26.1. The van der Waals surface area contributed by atoms with Crippen molar-refractivity contribution < 1.29 is 34.2 Å². The van der Waals surface area contributed by atoms with Gasteiger partial charge in [0.2, 0.25) is 11.8 Å². The lowest BCUT2D eigenvalue weighted by Crippen LogP contribution is -2.41. The number of rotatable bonds is 30. The van der Waals surface area contributed by atoms with E-state index < -0.39 is 24.0 Å². The molecule has 0 unspecified atom stereocenters. The second kappa shape index (κ2) is 27.3. The number of hydrogen-bond acceptors (Lipinski definition) is 6. The van der Waals surface area contributed by atoms with Crippen LogP contribution in [-0.4, -0.2) is 58.4 Å². The largest absolute Gasteiger partial charge is 0.481 e. The third kappa shape index (κ3) is 26.4. The predicted molar refractivity (Wildman–Crippen MR) is 165 cm³/mol. The first-order valence-corrected chi connectivity index (χ1v) is 16.4. The monoisotopic (exact) mass is 597 g/mol. The molecule has 0 aromatic carbocycles. The van der Waals surface area contributed by atoms with Crippen LogP contribution < -0.4 is 16.4 Å². The van der Waals surface area contributed by atoms with Crippen molar-refractivity contribution in [1.82, 2.24) is 10.6 Å². The van der Waals surface area contributed by atoms with Gasteiger partial charge in [0.25, 0.3) is 0 Å². The van der Waals surface area contributed by atoms with Gasteiger partial charge >= 0.3 is 11.9 Å². The molecule has 0 aromatic rings. The van der Waals surface area contributed by atoms with E-state index in [0.29, 0.717) is 32.2 Å². The third-order valence-electron chi connectivity index (χ3n) is 7.62. The number of carbonyl (C=O) groups excluding carboxylic acids is 3. The van der Waals surface area contributed by atoms with E-state index in [0.717, 1.165) is 51.4 Å². The van der Waals surface area contributed by atoms with Gasteiger partial charge in [0.1, 0.15) is 11.8 Å². The average molecular weight is 598 g/mol. The molecule has 0 saturated carbocycles. The first-order chi connectivity index (χ1) is 20.1. The molecule has 244 valence electrons. The molecular weight excluding hydrogens is 538 g/mol. The summed E-state index contributed by atoms with van der Waals surface area (Å²) >= 11 is 0. The number of unbranched alkanes of at least 4 members (excludes halogenated alkanes) is 16. The van der Waals surface area contributed by atoms with Gasteiger partial charge in [-0.2, -0.15) is 0 Å². The van der Waals surface area contributed by atoms with Crippen molar-refractivity contribution in [1.29, 1.82) is 0 Å². The standard InChI is InChI=1S/C32H59N3O7/c1-26(36)27(33)20-18-19-25-34-29(37)24-23-28(32(41)42)35-30(38)21-16-14-12-10-8-6-4-2-3-5-7-9-11-13-15-17-22-31(39)40/h27-28H,2-25,33H2,1H3,(H,34,37)(H,35,38)(H,39,40)(H,41,42)/t27-,28-/m0/s1. The van der Waals surface area contributed by atoms with Gasteiger partial charge in [0, 0.05) is 25.8 Å². The summed E-state index contributed by atoms with van der Waals surface area (Å²) in [7, 11) is 0. The molecule has 0 bridgehead atoms. The molecule has 2 amide bonds. The summed E-state index contributed by atoms with van der Waals surface area (Å²) < 4.78 is 0. The maximum atomic E-state index is 12.2. The Morgan fingerprint density at radius 3 is 1.45 bits per heavy atom. The van der Waals surface area contributed by atoms with E-state index in [1.165, 1.54) is 64.7 Å². The summed E-state index contributed by atoms with van der Waals surface area (Å²) in [6.45, 7) is 1.90. The van der Waals surface area contributed by atoms with Crippen LogP contribution in [0.3, 0.4) is 0 Å². The van der Waals surface area contributed by atoms with Gasteiger partial charge in [-0.05, 0) is 45.4 Å². The van der Waals surface area contributed by atoms with Gasteiger partial charge in [0.15, 0.2) is 0 Å². The molecule has 0 aliphatic rings. The first kappa shape index (κ1) is 39.5. The van der Waals surface area contributed by atoms with Crippen LogP contribution in [-0.2, 0) is 24.0 Å². The van der Waals surface area contributed by atoms with Crippen LogP contribution in [0.5, 0.6) is 0 Å². The Morgan fingerprint density at radius 2 is 1.02 bits per heavy atom. The summed E-state index contributed by atoms with van der Waals surface area (Å²) in [5.41, 5.74) is 5.67. The van der Waals surface area contributed by atoms with Gasteiger partial charge in [0.05, 0.1) is 6.04 Å². The highest BCUT2D eigenvalue weighted by Gasteiger charge is 2.20. The van der Waals surface area contributed by atoms with Crippen LogP contribution in [0.15, 0.2) is 0 Å². The van der Waals surface area contributed by atoms with Crippen LogP contribution in [0.25, 0.3) is 0 Å². The molecule has 0 aliphatic carbocycles. The molecule has 0 spiro atoms. The number of carboxylic acid groups (broad SMARTS) is 2. The topological polar surface area (TPSA) is 176 Å². The predicted octanol–water partition coefficient (Wildman–Crippen LogP) is 5.65. The Bertz CT molecular complexity index is 760. The smallest absolute Gasteiger partial charge is 0.326 e. The van der Waals surface area contributed by atoms with Crippen molar-refractivity contribution >= 4 is 29.5 Å². The zero-order valence-electron chi connectivity index (χ0n) is 26.1. The fourth-order valence-corrected chi connectivity index (χ4v) is 4.84. The lowest BCUT2D eigenvalue weighted by molar-refractivity contribution is -0.142. The van der Waals surface area contributed by atoms with Crippen molar-refractivity contribution in [3.8, 4) is 0 Å². The summed E-state index contributed by atoms with van der Waals surface area (Å²) in [6.07, 6.45) is 20.8. The van der Waals surface area contributed by atoms with E-state index in [1.54, 1.807) is 0 Å². The molecule has 42 heavy (non-hydrogen) atoms. The molecular formula is C32H59N3O7. The molecule has 0 aliphatic heterocycles. The Labute approximate surface area is 253 Å². The molecule has 0 aromatic heterocycles. The second-order valence-corrected chi connectivity index (χ2v) is 11.6. The molecule has 0 saturated heterocycles. The van der Waals surface area contributed by atoms with Gasteiger partial charge in [-0.3, -0.25) is 19.2 Å². The minimum absolute atomic E-state index is 0.0157. The normalized spacial score (nSPS) is 12.4. The van der Waals surface area contributed by atoms with Crippen molar-refractivity contribution in [3.05, 3.63) is 0 Å². The molecule has 2 atom stereocenters. The summed E-state index contributed by atoms with van der Waals surface area (Å²) in [5, 5.41) is 23.3. The maximum Gasteiger partial charge on any atom is 0.326 e. The minimum atomic E-state index is -1.14. The number of amides is 2. The number of nitrogens with one attached hydrogen (secondary N) is 2. The fraction of sp³-hybridized carbons (Fsp3) is 0.844. The SMILES string of the molecule is CC(=O)[C@@H](N)CCCCNC(=O)CC[C@H](NC(=O)CCCCCCCCCCCCCCCCCCC(=O)O)C(=O)O. The molecule has 0 heterocycles. The summed E-state index contributed by atoms with van der Waals surface area (Å²) in [4.78, 5) is 57.3. The minimum Gasteiger partial charge on any atom is -0.481 e. The van der Waals surface area contributed by atoms with E-state index in [4.69, 9.17) is 10.8 Å². The van der Waals surface area contributed by atoms with E-state index in [2.05, 4.69) is 10.6 Å². The second-order valence-electron chi connectivity index (χ2n) is 11.6. The number of hydrogen-bond donors (Lipinski definition) is 5. The van der Waals surface area contributed by atoms with Gasteiger partial charge < -0.3 is 26.6 Å². The van der Waals surface area contributed by atoms with E-state index in [9.17, 15) is 29.1 Å². The lowest BCUT2D eigenvalue weighted by atomic mass is 10.0. The van der Waals surface area contributed by atoms with E-state index in [1.807, 2.05) is 0 Å². The number of aliphatic carboxylic acids is 2. The Morgan fingerprint density at radius 1 is 0.571 bits per heavy atom. The van der Waals surface area contributed by atoms with Gasteiger partial charge in [-0.1, -0.05) is 89.9 Å². The van der Waals surface area contributed by atoms with E-state index in [-0.39, 0.29) is 30.4 Å². The fourth-order valence-electron chi connectivity index (χ4n) is 4.84. The average Bonchev–Trinajstić information content (AvgIpc) is 2.93. The number of carboxylic acids is 2. The van der Waals surface area contributed by atoms with Crippen molar-refractivity contribution in [3.63, 3.8) is 0 Å². The number of nitrogens with two attached hydrogens (primary N) is 1.